The van der Waals surface area contributed by atoms with E-state index in [2.05, 4.69) is 20.8 Å². The van der Waals surface area contributed by atoms with E-state index in [9.17, 15) is 4.79 Å². The summed E-state index contributed by atoms with van der Waals surface area (Å²) >= 11 is 0. The molecule has 1 aromatic heterocycles. The normalized spacial score (nSPS) is 10.4. The molecular weight excluding hydrogens is 306 g/mol. The van der Waals surface area contributed by atoms with E-state index >= 15 is 0 Å². The topological polar surface area (TPSA) is 81.9 Å². The van der Waals surface area contributed by atoms with Crippen LogP contribution in [0.25, 0.3) is 5.69 Å². The van der Waals surface area contributed by atoms with Crippen LogP contribution >= 0.6 is 0 Å². The smallest absolute Gasteiger partial charge is 0.337 e. The average molecular weight is 323 g/mol. The van der Waals surface area contributed by atoms with E-state index in [-0.39, 0.29) is 5.97 Å². The molecule has 0 atom stereocenters. The van der Waals surface area contributed by atoms with Crippen LogP contribution in [0.2, 0.25) is 0 Å². The summed E-state index contributed by atoms with van der Waals surface area (Å²) in [6.07, 6.45) is 0. The van der Waals surface area contributed by atoms with Gasteiger partial charge < -0.3 is 10.1 Å². The number of hydrogen-bond acceptors (Lipinski definition) is 6. The number of carbonyl (C=O) groups is 1. The van der Waals surface area contributed by atoms with Gasteiger partial charge in [-0.3, -0.25) is 0 Å². The van der Waals surface area contributed by atoms with Gasteiger partial charge in [0.1, 0.15) is 0 Å². The first-order chi connectivity index (χ1) is 11.7. The minimum atomic E-state index is -0.368. The summed E-state index contributed by atoms with van der Waals surface area (Å²) in [4.78, 5) is 11.7. The fraction of sp³-hybridized carbons (Fsp3) is 0.176. The molecule has 0 aliphatic heterocycles. The first-order valence-corrected chi connectivity index (χ1v) is 7.44. The molecule has 1 heterocycles. The second-order valence-corrected chi connectivity index (χ2v) is 5.22. The van der Waals surface area contributed by atoms with Gasteiger partial charge in [-0.25, -0.2) is 4.79 Å². The molecule has 0 aliphatic rings. The molecule has 0 bridgehead atoms. The number of aryl methyl sites for hydroxylation is 1. The summed E-state index contributed by atoms with van der Waals surface area (Å²) in [5, 5.41) is 15.1. The third-order valence-electron chi connectivity index (χ3n) is 3.63. The number of hydrogen-bond donors (Lipinski definition) is 1. The Labute approximate surface area is 139 Å². The fourth-order valence-corrected chi connectivity index (χ4v) is 2.32. The molecule has 0 unspecified atom stereocenters. The number of nitrogens with zero attached hydrogens (tertiary/aromatic N) is 4. The summed E-state index contributed by atoms with van der Waals surface area (Å²) in [6.45, 7) is 2.39. The van der Waals surface area contributed by atoms with Gasteiger partial charge in [0.15, 0.2) is 5.82 Å². The number of esters is 1. The number of tetrazole rings is 1. The van der Waals surface area contributed by atoms with Crippen LogP contribution in [0.1, 0.15) is 21.7 Å². The minimum Gasteiger partial charge on any atom is -0.465 e. The Hall–Kier alpha value is -3.22. The lowest BCUT2D eigenvalue weighted by Crippen LogP contribution is -2.10. The van der Waals surface area contributed by atoms with E-state index in [1.54, 1.807) is 16.8 Å². The molecule has 0 aliphatic carbocycles. The number of anilines is 1. The van der Waals surface area contributed by atoms with E-state index in [0.29, 0.717) is 17.9 Å². The highest BCUT2D eigenvalue weighted by atomic mass is 16.5. The van der Waals surface area contributed by atoms with Crippen molar-refractivity contribution in [2.24, 2.45) is 0 Å². The van der Waals surface area contributed by atoms with Crippen LogP contribution in [0.4, 0.5) is 5.69 Å². The molecular formula is C17H17N5O2. The van der Waals surface area contributed by atoms with Crippen molar-refractivity contribution in [2.45, 2.75) is 13.5 Å². The summed E-state index contributed by atoms with van der Waals surface area (Å²) in [7, 11) is 1.36. The minimum absolute atomic E-state index is 0.368. The summed E-state index contributed by atoms with van der Waals surface area (Å²) < 4.78 is 6.43. The molecule has 24 heavy (non-hydrogen) atoms. The van der Waals surface area contributed by atoms with Gasteiger partial charge in [0.2, 0.25) is 0 Å². The first-order valence-electron chi connectivity index (χ1n) is 7.44. The van der Waals surface area contributed by atoms with Crippen LogP contribution in [0, 0.1) is 6.92 Å². The van der Waals surface area contributed by atoms with Crippen LogP contribution in [0.3, 0.4) is 0 Å². The Kier molecular flexibility index (Phi) is 4.51. The van der Waals surface area contributed by atoms with E-state index in [0.717, 1.165) is 16.9 Å². The highest BCUT2D eigenvalue weighted by Gasteiger charge is 2.11. The quantitative estimate of drug-likeness (QED) is 0.726. The van der Waals surface area contributed by atoms with Crippen molar-refractivity contribution in [3.05, 3.63) is 65.5 Å². The van der Waals surface area contributed by atoms with Crippen molar-refractivity contribution in [2.75, 3.05) is 12.4 Å². The SMILES string of the molecule is COC(=O)c1ccc(C)c(NCc2nnnn2-c2ccccc2)c1. The molecule has 3 rings (SSSR count). The summed E-state index contributed by atoms with van der Waals surface area (Å²) in [5.74, 6) is 0.302. The number of aromatic nitrogens is 4. The second kappa shape index (κ2) is 6.91. The van der Waals surface area contributed by atoms with Gasteiger partial charge in [0, 0.05) is 5.69 Å². The number of carbonyl (C=O) groups excluding carboxylic acids is 1. The van der Waals surface area contributed by atoms with Gasteiger partial charge >= 0.3 is 5.97 Å². The maximum atomic E-state index is 11.7. The summed E-state index contributed by atoms with van der Waals surface area (Å²) in [6, 6.07) is 15.0. The highest BCUT2D eigenvalue weighted by molar-refractivity contribution is 5.90. The number of nitrogens with one attached hydrogen (secondary N) is 1. The zero-order valence-corrected chi connectivity index (χ0v) is 13.4. The monoisotopic (exact) mass is 323 g/mol. The second-order valence-electron chi connectivity index (χ2n) is 5.22. The molecule has 3 aromatic rings. The molecule has 2 aromatic carbocycles. The van der Waals surface area contributed by atoms with Crippen molar-refractivity contribution >= 4 is 11.7 Å². The first kappa shape index (κ1) is 15.7. The van der Waals surface area contributed by atoms with Gasteiger partial charge in [0.25, 0.3) is 0 Å². The predicted molar refractivity (Wildman–Crippen MR) is 89.0 cm³/mol. The van der Waals surface area contributed by atoms with Crippen LogP contribution in [-0.4, -0.2) is 33.3 Å². The number of para-hydroxylation sites is 1. The van der Waals surface area contributed by atoms with Crippen molar-refractivity contribution in [1.82, 2.24) is 20.2 Å². The molecule has 122 valence electrons. The largest absolute Gasteiger partial charge is 0.465 e. The third kappa shape index (κ3) is 3.24. The number of methoxy groups -OCH3 is 1. The fourth-order valence-electron chi connectivity index (χ4n) is 2.32. The zero-order valence-electron chi connectivity index (χ0n) is 13.4. The molecule has 0 fully saturated rings. The van der Waals surface area contributed by atoms with Crippen molar-refractivity contribution in [1.29, 1.82) is 0 Å². The molecule has 0 saturated carbocycles. The van der Waals surface area contributed by atoms with Crippen LogP contribution < -0.4 is 5.32 Å². The van der Waals surface area contributed by atoms with Crippen LogP contribution in [-0.2, 0) is 11.3 Å². The van der Waals surface area contributed by atoms with Crippen molar-refractivity contribution in [3.63, 3.8) is 0 Å². The average Bonchev–Trinajstić information content (AvgIpc) is 3.09. The Bertz CT molecular complexity index is 845. The van der Waals surface area contributed by atoms with E-state index in [1.165, 1.54) is 7.11 Å². The van der Waals surface area contributed by atoms with Gasteiger partial charge in [-0.15, -0.1) is 5.10 Å². The van der Waals surface area contributed by atoms with Gasteiger partial charge in [-0.05, 0) is 47.2 Å². The number of rotatable bonds is 5. The Balaban J connectivity index is 1.80. The molecule has 7 nitrogen and oxygen atoms in total. The predicted octanol–water partition coefficient (Wildman–Crippen LogP) is 2.37. The lowest BCUT2D eigenvalue weighted by molar-refractivity contribution is 0.0601. The summed E-state index contributed by atoms with van der Waals surface area (Å²) in [5.41, 5.74) is 3.23. The maximum Gasteiger partial charge on any atom is 0.337 e. The molecule has 0 saturated heterocycles. The third-order valence-corrected chi connectivity index (χ3v) is 3.63. The molecule has 0 amide bonds. The molecule has 1 N–H and O–H groups in total. The Morgan fingerprint density at radius 3 is 2.75 bits per heavy atom. The highest BCUT2D eigenvalue weighted by Crippen LogP contribution is 2.18. The zero-order chi connectivity index (χ0) is 16.9. The van der Waals surface area contributed by atoms with Crippen LogP contribution in [0.5, 0.6) is 0 Å². The Morgan fingerprint density at radius 2 is 2.00 bits per heavy atom. The van der Waals surface area contributed by atoms with Crippen molar-refractivity contribution < 1.29 is 9.53 Å². The van der Waals surface area contributed by atoms with E-state index in [4.69, 9.17) is 4.74 Å². The van der Waals surface area contributed by atoms with Gasteiger partial charge in [0.05, 0.1) is 24.9 Å². The number of benzene rings is 2. The molecule has 0 radical (unpaired) electrons. The van der Waals surface area contributed by atoms with Gasteiger partial charge in [-0.1, -0.05) is 24.3 Å². The van der Waals surface area contributed by atoms with Gasteiger partial charge in [-0.2, -0.15) is 4.68 Å². The standard InChI is InChI=1S/C17H17N5O2/c1-12-8-9-13(17(23)24-2)10-15(12)18-11-16-19-20-21-22(16)14-6-4-3-5-7-14/h3-10,18H,11H2,1-2H3. The Morgan fingerprint density at radius 1 is 1.21 bits per heavy atom. The lowest BCUT2D eigenvalue weighted by Gasteiger charge is -2.11. The van der Waals surface area contributed by atoms with Crippen molar-refractivity contribution in [3.8, 4) is 5.69 Å². The van der Waals surface area contributed by atoms with E-state index < -0.39 is 0 Å². The molecule has 7 heteroatoms. The maximum absolute atomic E-state index is 11.7. The number of ether oxygens (including phenoxy) is 1. The van der Waals surface area contributed by atoms with E-state index in [1.807, 2.05) is 43.3 Å². The van der Waals surface area contributed by atoms with Crippen LogP contribution in [0.15, 0.2) is 48.5 Å². The lowest BCUT2D eigenvalue weighted by atomic mass is 10.1. The molecule has 0 spiro atoms.